The number of benzene rings is 2. The van der Waals surface area contributed by atoms with E-state index < -0.39 is 0 Å². The first-order chi connectivity index (χ1) is 7.86. The number of hydrogen-bond donors (Lipinski definition) is 2. The molecule has 0 heterocycles. The molecule has 2 aromatic carbocycles. The van der Waals surface area contributed by atoms with Gasteiger partial charge in [-0.3, -0.25) is 0 Å². The van der Waals surface area contributed by atoms with Crippen LogP contribution in [0.2, 0.25) is 0 Å². The lowest BCUT2D eigenvalue weighted by molar-refractivity contribution is 0.196. The van der Waals surface area contributed by atoms with Crippen LogP contribution < -0.4 is 4.74 Å². The molecule has 16 heavy (non-hydrogen) atoms. The van der Waals surface area contributed by atoms with Gasteiger partial charge < -0.3 is 14.9 Å². The summed E-state index contributed by atoms with van der Waals surface area (Å²) in [5.41, 5.74) is 0.770. The molecular formula is C13H14O3. The maximum absolute atomic E-state index is 9.37. The molecule has 0 saturated heterocycles. The molecule has 2 aromatic rings. The minimum absolute atomic E-state index is 0.0301. The van der Waals surface area contributed by atoms with E-state index in [1.54, 1.807) is 0 Å². The van der Waals surface area contributed by atoms with E-state index in [-0.39, 0.29) is 19.8 Å². The van der Waals surface area contributed by atoms with Gasteiger partial charge in [0, 0.05) is 5.56 Å². The van der Waals surface area contributed by atoms with E-state index in [4.69, 9.17) is 9.84 Å². The summed E-state index contributed by atoms with van der Waals surface area (Å²) in [5, 5.41) is 20.1. The van der Waals surface area contributed by atoms with E-state index in [1.807, 2.05) is 36.4 Å². The van der Waals surface area contributed by atoms with E-state index >= 15 is 0 Å². The predicted octanol–water partition coefficient (Wildman–Crippen LogP) is 1.70. The van der Waals surface area contributed by atoms with Crippen LogP contribution in [-0.4, -0.2) is 23.4 Å². The van der Waals surface area contributed by atoms with Gasteiger partial charge in [0.1, 0.15) is 12.4 Å². The number of fused-ring (bicyclic) bond motifs is 1. The Kier molecular flexibility index (Phi) is 3.39. The van der Waals surface area contributed by atoms with Crippen LogP contribution in [0.3, 0.4) is 0 Å². The van der Waals surface area contributed by atoms with E-state index in [1.165, 1.54) is 0 Å². The van der Waals surface area contributed by atoms with Crippen LogP contribution in [0.25, 0.3) is 10.8 Å². The van der Waals surface area contributed by atoms with Crippen LogP contribution in [-0.2, 0) is 6.61 Å². The summed E-state index contributed by atoms with van der Waals surface area (Å²) in [4.78, 5) is 0. The Balaban J connectivity index is 2.50. The normalized spacial score (nSPS) is 10.6. The summed E-state index contributed by atoms with van der Waals surface area (Å²) < 4.78 is 5.38. The van der Waals surface area contributed by atoms with Crippen LogP contribution in [0.4, 0.5) is 0 Å². The topological polar surface area (TPSA) is 49.7 Å². The lowest BCUT2D eigenvalue weighted by atomic mass is 10.0. The van der Waals surface area contributed by atoms with E-state index in [2.05, 4.69) is 0 Å². The van der Waals surface area contributed by atoms with Crippen molar-refractivity contribution < 1.29 is 14.9 Å². The molecule has 0 fully saturated rings. The zero-order valence-electron chi connectivity index (χ0n) is 8.89. The van der Waals surface area contributed by atoms with Crippen molar-refractivity contribution in [3.8, 4) is 5.75 Å². The van der Waals surface area contributed by atoms with Crippen LogP contribution >= 0.6 is 0 Å². The van der Waals surface area contributed by atoms with Gasteiger partial charge in [-0.15, -0.1) is 0 Å². The second-order valence-electron chi connectivity index (χ2n) is 3.49. The number of aliphatic hydroxyl groups excluding tert-OH is 2. The van der Waals surface area contributed by atoms with Gasteiger partial charge in [0.05, 0.1) is 13.2 Å². The predicted molar refractivity (Wildman–Crippen MR) is 62.5 cm³/mol. The van der Waals surface area contributed by atoms with Crippen molar-refractivity contribution in [2.75, 3.05) is 13.2 Å². The fourth-order valence-electron chi connectivity index (χ4n) is 1.77. The molecule has 0 radical (unpaired) electrons. The van der Waals surface area contributed by atoms with Crippen molar-refractivity contribution >= 4 is 10.8 Å². The highest BCUT2D eigenvalue weighted by Crippen LogP contribution is 2.27. The third kappa shape index (κ3) is 2.01. The first kappa shape index (κ1) is 10.9. The van der Waals surface area contributed by atoms with Crippen LogP contribution in [0.5, 0.6) is 5.75 Å². The van der Waals surface area contributed by atoms with Gasteiger partial charge in [0.25, 0.3) is 0 Å². The van der Waals surface area contributed by atoms with E-state index in [9.17, 15) is 5.11 Å². The minimum atomic E-state index is -0.0673. The summed E-state index contributed by atoms with van der Waals surface area (Å²) in [5.74, 6) is 0.634. The van der Waals surface area contributed by atoms with E-state index in [0.717, 1.165) is 16.3 Å². The van der Waals surface area contributed by atoms with Gasteiger partial charge in [-0.05, 0) is 16.8 Å². The molecule has 0 aliphatic carbocycles. The van der Waals surface area contributed by atoms with Crippen molar-refractivity contribution in [3.05, 3.63) is 42.0 Å². The SMILES string of the molecule is OCCOc1ccc2ccccc2c1CO. The van der Waals surface area contributed by atoms with Crippen molar-refractivity contribution in [2.45, 2.75) is 6.61 Å². The summed E-state index contributed by atoms with van der Waals surface area (Å²) in [6.45, 7) is 0.144. The summed E-state index contributed by atoms with van der Waals surface area (Å²) in [6, 6.07) is 11.6. The Bertz CT molecular complexity index is 480. The Hall–Kier alpha value is -1.58. The van der Waals surface area contributed by atoms with Crippen molar-refractivity contribution in [1.82, 2.24) is 0 Å². The van der Waals surface area contributed by atoms with E-state index in [0.29, 0.717) is 5.75 Å². The van der Waals surface area contributed by atoms with Crippen molar-refractivity contribution in [2.24, 2.45) is 0 Å². The van der Waals surface area contributed by atoms with Crippen LogP contribution in [0, 0.1) is 0 Å². The fraction of sp³-hybridized carbons (Fsp3) is 0.231. The highest BCUT2D eigenvalue weighted by atomic mass is 16.5. The second kappa shape index (κ2) is 4.96. The van der Waals surface area contributed by atoms with Gasteiger partial charge in [-0.1, -0.05) is 30.3 Å². The third-order valence-electron chi connectivity index (χ3n) is 2.50. The van der Waals surface area contributed by atoms with Gasteiger partial charge in [-0.2, -0.15) is 0 Å². The molecule has 0 atom stereocenters. The standard InChI is InChI=1S/C13H14O3/c14-7-8-16-13-6-5-10-3-1-2-4-11(10)12(13)9-15/h1-6,14-15H,7-9H2. The maximum atomic E-state index is 9.37. The zero-order chi connectivity index (χ0) is 11.4. The number of hydrogen-bond acceptors (Lipinski definition) is 3. The zero-order valence-corrected chi connectivity index (χ0v) is 8.89. The Morgan fingerprint density at radius 1 is 1.00 bits per heavy atom. The van der Waals surface area contributed by atoms with Crippen molar-refractivity contribution in [1.29, 1.82) is 0 Å². The largest absolute Gasteiger partial charge is 0.491 e. The maximum Gasteiger partial charge on any atom is 0.125 e. The minimum Gasteiger partial charge on any atom is -0.491 e. The molecule has 0 aliphatic rings. The Labute approximate surface area is 93.9 Å². The highest BCUT2D eigenvalue weighted by molar-refractivity contribution is 5.87. The molecule has 84 valence electrons. The van der Waals surface area contributed by atoms with Gasteiger partial charge >= 0.3 is 0 Å². The Morgan fingerprint density at radius 2 is 1.81 bits per heavy atom. The van der Waals surface area contributed by atoms with Crippen LogP contribution in [0.1, 0.15) is 5.56 Å². The molecule has 0 aromatic heterocycles. The van der Waals surface area contributed by atoms with Crippen LogP contribution in [0.15, 0.2) is 36.4 Å². The second-order valence-corrected chi connectivity index (χ2v) is 3.49. The average Bonchev–Trinajstić information content (AvgIpc) is 2.35. The molecule has 0 saturated carbocycles. The lowest BCUT2D eigenvalue weighted by Crippen LogP contribution is -2.04. The highest BCUT2D eigenvalue weighted by Gasteiger charge is 2.07. The molecule has 3 heteroatoms. The molecular weight excluding hydrogens is 204 g/mol. The number of rotatable bonds is 4. The monoisotopic (exact) mass is 218 g/mol. The van der Waals surface area contributed by atoms with Crippen molar-refractivity contribution in [3.63, 3.8) is 0 Å². The summed E-state index contributed by atoms with van der Waals surface area (Å²) in [7, 11) is 0. The summed E-state index contributed by atoms with van der Waals surface area (Å²) in [6.07, 6.45) is 0. The first-order valence-corrected chi connectivity index (χ1v) is 5.22. The van der Waals surface area contributed by atoms with Gasteiger partial charge in [0.15, 0.2) is 0 Å². The first-order valence-electron chi connectivity index (χ1n) is 5.22. The lowest BCUT2D eigenvalue weighted by Gasteiger charge is -2.11. The molecule has 2 rings (SSSR count). The fourth-order valence-corrected chi connectivity index (χ4v) is 1.77. The number of aliphatic hydroxyl groups is 2. The van der Waals surface area contributed by atoms with Gasteiger partial charge in [-0.25, -0.2) is 0 Å². The molecule has 0 amide bonds. The van der Waals surface area contributed by atoms with Gasteiger partial charge in [0.2, 0.25) is 0 Å². The molecule has 0 aliphatic heterocycles. The third-order valence-corrected chi connectivity index (χ3v) is 2.50. The Morgan fingerprint density at radius 3 is 2.56 bits per heavy atom. The molecule has 3 nitrogen and oxygen atoms in total. The molecule has 2 N–H and O–H groups in total. The molecule has 0 spiro atoms. The molecule has 0 unspecified atom stereocenters. The number of ether oxygens (including phenoxy) is 1. The average molecular weight is 218 g/mol. The summed E-state index contributed by atoms with van der Waals surface area (Å²) >= 11 is 0. The smallest absolute Gasteiger partial charge is 0.125 e. The molecule has 0 bridgehead atoms. The quantitative estimate of drug-likeness (QED) is 0.821.